The number of halogens is 4. The van der Waals surface area contributed by atoms with Crippen molar-refractivity contribution in [1.82, 2.24) is 5.32 Å². The van der Waals surface area contributed by atoms with Crippen LogP contribution < -0.4 is 16.8 Å². The summed E-state index contributed by atoms with van der Waals surface area (Å²) in [6.07, 6.45) is -0.567. The lowest BCUT2D eigenvalue weighted by atomic mass is 10.1. The van der Waals surface area contributed by atoms with Gasteiger partial charge in [0, 0.05) is 12.6 Å². The highest BCUT2D eigenvalue weighted by atomic mass is 19.4. The molecule has 0 fully saturated rings. The van der Waals surface area contributed by atoms with Gasteiger partial charge in [-0.05, 0) is 23.3 Å². The summed E-state index contributed by atoms with van der Waals surface area (Å²) < 4.78 is 51.1. The van der Waals surface area contributed by atoms with Crippen molar-refractivity contribution in [3.63, 3.8) is 0 Å². The second-order valence-electron chi connectivity index (χ2n) is 4.83. The third-order valence-corrected chi connectivity index (χ3v) is 2.98. The molecule has 24 heavy (non-hydrogen) atoms. The van der Waals surface area contributed by atoms with Crippen LogP contribution in [0.5, 0.6) is 0 Å². The van der Waals surface area contributed by atoms with Gasteiger partial charge in [0.1, 0.15) is 11.9 Å². The lowest BCUT2D eigenvalue weighted by Gasteiger charge is -2.16. The van der Waals surface area contributed by atoms with Crippen LogP contribution in [0.3, 0.4) is 0 Å². The Morgan fingerprint density at radius 1 is 1.33 bits per heavy atom. The average Bonchev–Trinajstić information content (AvgIpc) is 2.51. The van der Waals surface area contributed by atoms with Crippen LogP contribution >= 0.6 is 0 Å². The summed E-state index contributed by atoms with van der Waals surface area (Å²) in [5.74, 6) is -1.28. The van der Waals surface area contributed by atoms with Gasteiger partial charge in [0.15, 0.2) is 0 Å². The molecule has 1 atom stereocenters. The molecule has 1 aromatic rings. The second kappa shape index (κ2) is 8.30. The zero-order valence-corrected chi connectivity index (χ0v) is 12.6. The number of carbonyl (C=O) groups is 1. The number of carbonyl (C=O) groups excluding carboxylic acids is 1. The number of anilines is 1. The van der Waals surface area contributed by atoms with Crippen molar-refractivity contribution in [2.45, 2.75) is 18.8 Å². The van der Waals surface area contributed by atoms with E-state index in [2.05, 4.69) is 11.9 Å². The molecule has 0 saturated carbocycles. The molecule has 1 amide bonds. The van der Waals surface area contributed by atoms with E-state index in [1.165, 1.54) is 12.1 Å². The molecule has 1 unspecified atom stereocenters. The van der Waals surface area contributed by atoms with E-state index in [-0.39, 0.29) is 17.8 Å². The van der Waals surface area contributed by atoms with Crippen molar-refractivity contribution in [2.75, 3.05) is 5.73 Å². The lowest BCUT2D eigenvalue weighted by molar-refractivity contribution is -0.138. The molecule has 0 radical (unpaired) electrons. The Morgan fingerprint density at radius 3 is 2.54 bits per heavy atom. The average molecular weight is 343 g/mol. The van der Waals surface area contributed by atoms with Crippen molar-refractivity contribution in [2.24, 2.45) is 5.73 Å². The van der Waals surface area contributed by atoms with Crippen LogP contribution in [0, 0.1) is 5.82 Å². The lowest BCUT2D eigenvalue weighted by Crippen LogP contribution is -2.38. The van der Waals surface area contributed by atoms with Crippen molar-refractivity contribution in [3.8, 4) is 0 Å². The first-order chi connectivity index (χ1) is 11.1. The molecule has 4 nitrogen and oxygen atoms in total. The number of amides is 1. The number of allylic oxidation sites excluding steroid dienone is 2. The quantitative estimate of drug-likeness (QED) is 0.321. The molecule has 1 aromatic carbocycles. The maximum atomic E-state index is 13.3. The van der Waals surface area contributed by atoms with Crippen LogP contribution in [0.25, 0.3) is 0 Å². The molecule has 0 aliphatic heterocycles. The fourth-order valence-electron chi connectivity index (χ4n) is 1.69. The van der Waals surface area contributed by atoms with Gasteiger partial charge in [-0.1, -0.05) is 30.9 Å². The summed E-state index contributed by atoms with van der Waals surface area (Å²) in [5.41, 5.74) is 10.5. The molecule has 0 bridgehead atoms. The predicted molar refractivity (Wildman–Crippen MR) is 84.1 cm³/mol. The molecule has 0 spiro atoms. The summed E-state index contributed by atoms with van der Waals surface area (Å²) in [6.45, 7) is 3.30. The molecular formula is C16H17F4N3O. The smallest absolute Gasteiger partial charge is 0.396 e. The first-order valence-corrected chi connectivity index (χ1v) is 6.80. The minimum absolute atomic E-state index is 0.00773. The molecule has 130 valence electrons. The van der Waals surface area contributed by atoms with Gasteiger partial charge in [-0.3, -0.25) is 4.79 Å². The summed E-state index contributed by atoms with van der Waals surface area (Å²) in [5, 5.41) is 2.41. The van der Waals surface area contributed by atoms with Gasteiger partial charge in [-0.15, -0.1) is 0 Å². The van der Waals surface area contributed by atoms with E-state index in [0.717, 1.165) is 30.4 Å². The normalized spacial score (nSPS) is 13.8. The van der Waals surface area contributed by atoms with Crippen molar-refractivity contribution < 1.29 is 22.4 Å². The second-order valence-corrected chi connectivity index (χ2v) is 4.83. The van der Waals surface area contributed by atoms with Gasteiger partial charge in [-0.2, -0.15) is 13.2 Å². The zero-order chi connectivity index (χ0) is 18.3. The number of nitrogens with one attached hydrogen (secondary N) is 1. The highest BCUT2D eigenvalue weighted by molar-refractivity contribution is 5.88. The third kappa shape index (κ3) is 5.88. The van der Waals surface area contributed by atoms with Crippen LogP contribution in [-0.4, -0.2) is 18.1 Å². The highest BCUT2D eigenvalue weighted by Crippen LogP contribution is 2.24. The van der Waals surface area contributed by atoms with E-state index in [1.807, 2.05) is 0 Å². The number of benzene rings is 1. The van der Waals surface area contributed by atoms with Crippen LogP contribution in [0.4, 0.5) is 23.2 Å². The number of hydrogen-bond donors (Lipinski definition) is 3. The van der Waals surface area contributed by atoms with Gasteiger partial charge in [-0.25, -0.2) is 4.39 Å². The summed E-state index contributed by atoms with van der Waals surface area (Å²) >= 11 is 0. The van der Waals surface area contributed by atoms with Crippen molar-refractivity contribution in [3.05, 3.63) is 66.0 Å². The Bertz CT molecular complexity index is 666. The summed E-state index contributed by atoms with van der Waals surface area (Å²) in [4.78, 5) is 11.7. The molecule has 0 saturated heterocycles. The fourth-order valence-corrected chi connectivity index (χ4v) is 1.69. The summed E-state index contributed by atoms with van der Waals surface area (Å²) in [6, 6.07) is 1.79. The first-order valence-electron chi connectivity index (χ1n) is 6.80. The molecular weight excluding hydrogens is 326 g/mol. The Hall–Kier alpha value is -2.61. The first kappa shape index (κ1) is 19.4. The van der Waals surface area contributed by atoms with Gasteiger partial charge >= 0.3 is 6.18 Å². The van der Waals surface area contributed by atoms with E-state index < -0.39 is 23.9 Å². The standard InChI is InChI=1S/C16H17F4N3O/c1-2-3-11(15(22)16(18,19)20)5-7-14(24)23-9-10-4-6-13(21)12(17)8-10/h2-8,15H,1,9,21-22H2,(H,23,24)/b7-5+,11-3-. The van der Waals surface area contributed by atoms with Crippen LogP contribution in [0.1, 0.15) is 5.56 Å². The van der Waals surface area contributed by atoms with E-state index in [4.69, 9.17) is 11.5 Å². The fraction of sp³-hybridized carbons (Fsp3) is 0.188. The molecule has 5 N–H and O–H groups in total. The van der Waals surface area contributed by atoms with Gasteiger partial charge in [0.2, 0.25) is 5.91 Å². The molecule has 1 rings (SSSR count). The molecule has 8 heteroatoms. The Kier molecular flexibility index (Phi) is 6.72. The van der Waals surface area contributed by atoms with Crippen LogP contribution in [0.15, 0.2) is 54.7 Å². The zero-order valence-electron chi connectivity index (χ0n) is 12.6. The van der Waals surface area contributed by atoms with Gasteiger partial charge < -0.3 is 16.8 Å². The van der Waals surface area contributed by atoms with Crippen LogP contribution in [0.2, 0.25) is 0 Å². The largest absolute Gasteiger partial charge is 0.407 e. The number of alkyl halides is 3. The maximum Gasteiger partial charge on any atom is 0.407 e. The minimum atomic E-state index is -4.64. The van der Waals surface area contributed by atoms with E-state index in [1.54, 1.807) is 0 Å². The Balaban J connectivity index is 2.70. The van der Waals surface area contributed by atoms with Gasteiger partial charge in [0.05, 0.1) is 5.69 Å². The predicted octanol–water partition coefficient (Wildman–Crippen LogP) is 2.58. The number of hydrogen-bond acceptors (Lipinski definition) is 3. The molecule has 0 aliphatic carbocycles. The van der Waals surface area contributed by atoms with Gasteiger partial charge in [0.25, 0.3) is 0 Å². The van der Waals surface area contributed by atoms with Crippen molar-refractivity contribution >= 4 is 11.6 Å². The van der Waals surface area contributed by atoms with E-state index >= 15 is 0 Å². The molecule has 0 aliphatic rings. The van der Waals surface area contributed by atoms with Crippen molar-refractivity contribution in [1.29, 1.82) is 0 Å². The number of nitrogen functional groups attached to an aromatic ring is 1. The topological polar surface area (TPSA) is 81.1 Å². The molecule has 0 heterocycles. The highest BCUT2D eigenvalue weighted by Gasteiger charge is 2.38. The summed E-state index contributed by atoms with van der Waals surface area (Å²) in [7, 11) is 0. The Morgan fingerprint density at radius 2 is 2.00 bits per heavy atom. The van der Waals surface area contributed by atoms with Crippen LogP contribution in [-0.2, 0) is 11.3 Å². The van der Waals surface area contributed by atoms with E-state index in [9.17, 15) is 22.4 Å². The molecule has 0 aromatic heterocycles. The monoisotopic (exact) mass is 343 g/mol. The SMILES string of the molecule is C=C/C=C(/C=C/C(=O)NCc1ccc(N)c(F)c1)C(N)C(F)(F)F. The number of nitrogens with two attached hydrogens (primary N) is 2. The Labute approximate surface area is 136 Å². The minimum Gasteiger partial charge on any atom is -0.396 e. The van der Waals surface area contributed by atoms with E-state index in [0.29, 0.717) is 5.56 Å². The maximum absolute atomic E-state index is 13.3. The number of rotatable bonds is 6. The third-order valence-electron chi connectivity index (χ3n) is 2.98.